The Kier molecular flexibility index (Phi) is 6.14. The van der Waals surface area contributed by atoms with Gasteiger partial charge in [0.05, 0.1) is 0 Å². The zero-order chi connectivity index (χ0) is 19.2. The van der Waals surface area contributed by atoms with Gasteiger partial charge in [0.1, 0.15) is 0 Å². The van der Waals surface area contributed by atoms with Crippen LogP contribution in [0.4, 0.5) is 0 Å². The molecule has 0 aliphatic carbocycles. The van der Waals surface area contributed by atoms with Crippen LogP contribution in [-0.4, -0.2) is 17.2 Å². The van der Waals surface area contributed by atoms with Crippen LogP contribution >= 0.6 is 20.8 Å². The summed E-state index contributed by atoms with van der Waals surface area (Å²) in [6.07, 6.45) is 2.65. The Morgan fingerprint density at radius 3 is 1.41 bits per heavy atom. The Morgan fingerprint density at radius 2 is 1.07 bits per heavy atom. The van der Waals surface area contributed by atoms with Crippen molar-refractivity contribution in [3.8, 4) is 0 Å². The van der Waals surface area contributed by atoms with Gasteiger partial charge in [0.15, 0.2) is 0 Å². The molecule has 0 atom stereocenters. The Bertz CT molecular complexity index is 783. The van der Waals surface area contributed by atoms with Crippen molar-refractivity contribution in [2.45, 2.75) is 19.3 Å². The van der Waals surface area contributed by atoms with Crippen molar-refractivity contribution in [2.75, 3.05) is 6.16 Å². The molecule has 0 aliphatic rings. The number of carboxylic acid groups (broad SMARTS) is 1. The third-order valence-electron chi connectivity index (χ3n) is 5.41. The van der Waals surface area contributed by atoms with Crippen LogP contribution in [0.2, 0.25) is 0 Å². The first kappa shape index (κ1) is 19.8. The number of hydrogen-bond acceptors (Lipinski definition) is 1. The summed E-state index contributed by atoms with van der Waals surface area (Å²) in [4.78, 5) is 11.0. The summed E-state index contributed by atoms with van der Waals surface area (Å²) in [6, 6.07) is 31.9. The first-order valence-electron chi connectivity index (χ1n) is 9.31. The monoisotopic (exact) mass is 443 g/mol. The van der Waals surface area contributed by atoms with E-state index in [-0.39, 0.29) is 6.42 Å². The van der Waals surface area contributed by atoms with E-state index < -0.39 is 11.3 Å². The minimum absolute atomic E-state index is 0.210. The molecule has 1 N–H and O–H groups in total. The molecule has 0 saturated carbocycles. The van der Waals surface area contributed by atoms with Gasteiger partial charge in [-0.1, -0.05) is 0 Å². The van der Waals surface area contributed by atoms with Crippen LogP contribution in [0.3, 0.4) is 0 Å². The van der Waals surface area contributed by atoms with Crippen molar-refractivity contribution in [3.05, 3.63) is 91.0 Å². The van der Waals surface area contributed by atoms with Gasteiger partial charge in [0.2, 0.25) is 0 Å². The predicted octanol–water partition coefficient (Wildman–Crippen LogP) is 4.81. The van der Waals surface area contributed by atoms with Crippen molar-refractivity contribution in [1.82, 2.24) is 0 Å². The van der Waals surface area contributed by atoms with Gasteiger partial charge in [0, 0.05) is 0 Å². The standard InChI is InChI=1S/C23H25BrO2P/c24-27(19-11-10-18-23(25)26,20-12-4-1-5-13-20,21-14-6-2-7-15-21)22-16-8-3-9-17-22/h1-9,12-17,27H,10-11,18-19H2,(H,25,26)/q-1. The molecule has 0 spiro atoms. The van der Waals surface area contributed by atoms with Crippen LogP contribution in [0.25, 0.3) is 0 Å². The molecule has 0 unspecified atom stereocenters. The van der Waals surface area contributed by atoms with E-state index in [0.29, 0.717) is 6.42 Å². The molecule has 2 nitrogen and oxygen atoms in total. The number of halogens is 1. The molecule has 0 fully saturated rings. The van der Waals surface area contributed by atoms with Crippen molar-refractivity contribution >= 4 is 42.7 Å². The van der Waals surface area contributed by atoms with E-state index in [2.05, 4.69) is 88.3 Å². The summed E-state index contributed by atoms with van der Waals surface area (Å²) < 4.78 is 0. The molecule has 3 aromatic carbocycles. The molecule has 0 amide bonds. The number of rotatable bonds is 8. The maximum atomic E-state index is 11.0. The van der Waals surface area contributed by atoms with Gasteiger partial charge < -0.3 is 0 Å². The Balaban J connectivity index is 2.21. The fourth-order valence-electron chi connectivity index (χ4n) is 4.02. The van der Waals surface area contributed by atoms with Crippen LogP contribution in [0.5, 0.6) is 0 Å². The van der Waals surface area contributed by atoms with E-state index in [4.69, 9.17) is 5.11 Å². The second kappa shape index (κ2) is 8.37. The van der Waals surface area contributed by atoms with Gasteiger partial charge in [-0.3, -0.25) is 0 Å². The fraction of sp³-hybridized carbons (Fsp3) is 0.174. The van der Waals surface area contributed by atoms with E-state index in [9.17, 15) is 4.79 Å². The van der Waals surface area contributed by atoms with Gasteiger partial charge in [-0.25, -0.2) is 0 Å². The van der Waals surface area contributed by atoms with Crippen molar-refractivity contribution < 1.29 is 9.90 Å². The molecule has 27 heavy (non-hydrogen) atoms. The average Bonchev–Trinajstić information content (AvgIpc) is 2.73. The van der Waals surface area contributed by atoms with Crippen LogP contribution in [0.1, 0.15) is 19.3 Å². The molecule has 0 saturated heterocycles. The van der Waals surface area contributed by atoms with E-state index in [1.165, 1.54) is 15.9 Å². The van der Waals surface area contributed by atoms with Gasteiger partial charge >= 0.3 is 169 Å². The van der Waals surface area contributed by atoms with E-state index in [1.807, 2.05) is 18.2 Å². The number of hydrogen-bond donors (Lipinski definition) is 1. The van der Waals surface area contributed by atoms with Gasteiger partial charge in [-0.05, 0) is 0 Å². The van der Waals surface area contributed by atoms with Crippen LogP contribution in [0, 0.1) is 0 Å². The Hall–Kier alpha value is -1.96. The number of unbranched alkanes of at least 4 members (excludes halogenated alkanes) is 1. The molecule has 3 aromatic rings. The van der Waals surface area contributed by atoms with E-state index in [0.717, 1.165) is 12.6 Å². The van der Waals surface area contributed by atoms with Crippen LogP contribution < -0.4 is 15.9 Å². The molecule has 0 radical (unpaired) electrons. The van der Waals surface area contributed by atoms with E-state index >= 15 is 0 Å². The maximum absolute atomic E-state index is 11.0. The summed E-state index contributed by atoms with van der Waals surface area (Å²) in [5.74, 6) is -0.730. The number of carbonyl (C=O) groups is 1. The number of carboxylic acids is 1. The van der Waals surface area contributed by atoms with Crippen molar-refractivity contribution in [1.29, 1.82) is 0 Å². The third-order valence-corrected chi connectivity index (χ3v) is 16.6. The molecule has 3 rings (SSSR count). The second-order valence-corrected chi connectivity index (χ2v) is 17.1. The zero-order valence-electron chi connectivity index (χ0n) is 15.2. The third kappa shape index (κ3) is 3.85. The summed E-state index contributed by atoms with van der Waals surface area (Å²) in [5.41, 5.74) is 0. The average molecular weight is 444 g/mol. The first-order valence-corrected chi connectivity index (χ1v) is 14.3. The molecular formula is C23H25BrO2P-. The molecular weight excluding hydrogens is 419 g/mol. The van der Waals surface area contributed by atoms with Gasteiger partial charge in [-0.2, -0.15) is 0 Å². The first-order chi connectivity index (χ1) is 13.1. The summed E-state index contributed by atoms with van der Waals surface area (Å²) in [7, 11) is 0. The second-order valence-electron chi connectivity index (χ2n) is 7.02. The zero-order valence-corrected chi connectivity index (χ0v) is 17.8. The van der Waals surface area contributed by atoms with Crippen molar-refractivity contribution in [2.24, 2.45) is 0 Å². The summed E-state index contributed by atoms with van der Waals surface area (Å²) >= 11 is 4.39. The van der Waals surface area contributed by atoms with Crippen LogP contribution in [-0.2, 0) is 4.79 Å². The SMILES string of the molecule is O=C(O)CCCC[PH-](Br)(c1ccccc1)(c1ccccc1)c1ccccc1. The predicted molar refractivity (Wildman–Crippen MR) is 122 cm³/mol. The van der Waals surface area contributed by atoms with E-state index in [1.54, 1.807) is 0 Å². The minimum atomic E-state index is -3.22. The van der Waals surface area contributed by atoms with Crippen molar-refractivity contribution in [3.63, 3.8) is 0 Å². The summed E-state index contributed by atoms with van der Waals surface area (Å²) in [6.45, 7) is 0. The molecule has 0 aliphatic heterocycles. The number of aliphatic carboxylic acids is 1. The molecule has 4 heteroatoms. The Labute approximate surface area is 168 Å². The topological polar surface area (TPSA) is 37.3 Å². The molecule has 0 bridgehead atoms. The molecule has 0 heterocycles. The van der Waals surface area contributed by atoms with Gasteiger partial charge in [0.25, 0.3) is 0 Å². The normalized spacial score (nSPS) is 12.9. The quantitative estimate of drug-likeness (QED) is 0.400. The summed E-state index contributed by atoms with van der Waals surface area (Å²) in [5, 5.41) is 9.73. The molecule has 0 aromatic heterocycles. The number of benzene rings is 3. The molecule has 142 valence electrons. The fourth-order valence-corrected chi connectivity index (χ4v) is 12.7. The van der Waals surface area contributed by atoms with Gasteiger partial charge in [-0.15, -0.1) is 0 Å². The Morgan fingerprint density at radius 1 is 0.704 bits per heavy atom. The van der Waals surface area contributed by atoms with Crippen LogP contribution in [0.15, 0.2) is 91.0 Å².